The monoisotopic (exact) mass is 1100 g/mol. The molecule has 2 N–H and O–H groups in total. The Balaban J connectivity index is 0.890. The number of piperidine rings is 2. The Hall–Kier alpha value is -0.160. The lowest BCUT2D eigenvalue weighted by atomic mass is 9.40. The maximum absolute atomic E-state index is 4.26. The van der Waals surface area contributed by atoms with Crippen LogP contribution in [0.4, 0.5) is 0 Å². The van der Waals surface area contributed by atoms with Crippen molar-refractivity contribution in [3.05, 3.63) is 0 Å². The Morgan fingerprint density at radius 2 is 0.650 bits per heavy atom. The number of fused-ring (bicyclic) bond motifs is 2. The molecule has 2 heterocycles. The van der Waals surface area contributed by atoms with Gasteiger partial charge in [0.25, 0.3) is 0 Å². The first-order chi connectivity index (χ1) is 39.4. The maximum Gasteiger partial charge on any atom is 0.0135 e. The normalized spacial score (nSPS) is 46.1. The zero-order chi connectivity index (χ0) is 54.4. The number of unbranched alkanes of at least 4 members (excludes halogenated alkanes) is 10. The van der Waals surface area contributed by atoms with Crippen molar-refractivity contribution in [1.82, 2.24) is 20.4 Å². The SMILES string of the molecule is CCCCCCCCC1CCC(N(C2CCC(C)CC2)C2CC(C3CCNC4CCCCC43)C3CCC4C5C(CCC2C35)C(C2CCNC3CCCCC32)CC4N(C2CCC(C)CC2)C2CCC(CCCCCCCC)CC2)CC1. The highest BCUT2D eigenvalue weighted by Crippen LogP contribution is 2.67. The molecule has 12 fully saturated rings. The summed E-state index contributed by atoms with van der Waals surface area (Å²) in [7, 11) is 0. The molecular weight excluding hydrogens is 969 g/mol. The van der Waals surface area contributed by atoms with Crippen LogP contribution in [-0.2, 0) is 0 Å². The topological polar surface area (TPSA) is 30.5 Å². The van der Waals surface area contributed by atoms with Gasteiger partial charge in [0.15, 0.2) is 0 Å². The van der Waals surface area contributed by atoms with Gasteiger partial charge in [-0.25, -0.2) is 0 Å². The molecule has 0 aromatic rings. The van der Waals surface area contributed by atoms with E-state index < -0.39 is 0 Å². The number of nitrogens with one attached hydrogen (secondary N) is 2. The minimum absolute atomic E-state index is 0.825. The molecule has 16 unspecified atom stereocenters. The van der Waals surface area contributed by atoms with Gasteiger partial charge in [-0.05, 0) is 288 Å². The predicted molar refractivity (Wildman–Crippen MR) is 341 cm³/mol. The van der Waals surface area contributed by atoms with Gasteiger partial charge in [0.1, 0.15) is 0 Å². The van der Waals surface area contributed by atoms with Gasteiger partial charge < -0.3 is 10.6 Å². The zero-order valence-electron chi connectivity index (χ0n) is 53.7. The van der Waals surface area contributed by atoms with Crippen LogP contribution in [0.25, 0.3) is 0 Å². The van der Waals surface area contributed by atoms with Crippen LogP contribution in [0.3, 0.4) is 0 Å². The van der Waals surface area contributed by atoms with Crippen LogP contribution in [0.5, 0.6) is 0 Å². The Labute approximate surface area is 497 Å². The summed E-state index contributed by atoms with van der Waals surface area (Å²) >= 11 is 0. The quantitative estimate of drug-likeness (QED) is 0.106. The van der Waals surface area contributed by atoms with E-state index in [-0.39, 0.29) is 0 Å². The molecule has 4 heteroatoms. The van der Waals surface area contributed by atoms with Crippen LogP contribution < -0.4 is 10.6 Å². The van der Waals surface area contributed by atoms with Gasteiger partial charge in [-0.2, -0.15) is 0 Å². The number of hydrogen-bond acceptors (Lipinski definition) is 4. The molecule has 10 aliphatic carbocycles. The summed E-state index contributed by atoms with van der Waals surface area (Å²) in [6, 6.07) is 6.86. The van der Waals surface area contributed by atoms with Crippen LogP contribution in [-0.4, -0.2) is 71.2 Å². The molecule has 12 rings (SSSR count). The highest BCUT2D eigenvalue weighted by atomic mass is 15.2. The van der Waals surface area contributed by atoms with Gasteiger partial charge in [-0.1, -0.05) is 143 Å². The summed E-state index contributed by atoms with van der Waals surface area (Å²) in [5, 5.41) is 8.51. The molecule has 2 aliphatic heterocycles. The number of rotatable bonds is 22. The van der Waals surface area contributed by atoms with Crippen molar-refractivity contribution in [3.63, 3.8) is 0 Å². The second-order valence-electron chi connectivity index (χ2n) is 33.0. The fourth-order valence-electron chi connectivity index (χ4n) is 25.0. The van der Waals surface area contributed by atoms with Crippen molar-refractivity contribution in [2.45, 2.75) is 371 Å². The van der Waals surface area contributed by atoms with Gasteiger partial charge in [-0.3, -0.25) is 9.80 Å². The zero-order valence-corrected chi connectivity index (χ0v) is 53.7. The average molecular weight is 1100 g/mol. The van der Waals surface area contributed by atoms with E-state index >= 15 is 0 Å². The third kappa shape index (κ3) is 13.6. The average Bonchev–Trinajstić information content (AvgIpc) is 3.69. The molecule has 12 aliphatic rings. The number of nitrogens with zero attached hydrogens (tertiary/aromatic N) is 2. The van der Waals surface area contributed by atoms with Crippen molar-refractivity contribution >= 4 is 0 Å². The van der Waals surface area contributed by atoms with E-state index in [4.69, 9.17) is 0 Å². The molecule has 0 aromatic carbocycles. The highest BCUT2D eigenvalue weighted by molar-refractivity contribution is 5.15. The lowest BCUT2D eigenvalue weighted by molar-refractivity contribution is -0.195. The van der Waals surface area contributed by atoms with Gasteiger partial charge in [0.2, 0.25) is 0 Å². The maximum atomic E-state index is 4.26. The molecule has 0 amide bonds. The third-order valence-corrected chi connectivity index (χ3v) is 28.8. The highest BCUT2D eigenvalue weighted by Gasteiger charge is 2.64. The van der Waals surface area contributed by atoms with Gasteiger partial charge in [0.05, 0.1) is 0 Å². The number of hydrogen-bond donors (Lipinski definition) is 2. The lowest BCUT2D eigenvalue weighted by Gasteiger charge is -2.69. The third-order valence-electron chi connectivity index (χ3n) is 28.8. The van der Waals surface area contributed by atoms with Gasteiger partial charge >= 0.3 is 0 Å². The van der Waals surface area contributed by atoms with E-state index in [2.05, 4.69) is 48.1 Å². The van der Waals surface area contributed by atoms with E-state index in [0.29, 0.717) is 0 Å². The Morgan fingerprint density at radius 3 is 1.05 bits per heavy atom. The Bertz CT molecular complexity index is 1650. The van der Waals surface area contributed by atoms with Crippen LogP contribution in [0.15, 0.2) is 0 Å². The summed E-state index contributed by atoms with van der Waals surface area (Å²) in [6.07, 6.45) is 70.0. The van der Waals surface area contributed by atoms with Crippen LogP contribution >= 0.6 is 0 Å². The molecule has 10 saturated carbocycles. The molecule has 4 nitrogen and oxygen atoms in total. The minimum Gasteiger partial charge on any atom is -0.314 e. The van der Waals surface area contributed by atoms with Gasteiger partial charge in [-0.15, -0.1) is 0 Å². The van der Waals surface area contributed by atoms with E-state index in [1.54, 1.807) is 116 Å². The largest absolute Gasteiger partial charge is 0.314 e. The van der Waals surface area contributed by atoms with Crippen LogP contribution in [0, 0.1) is 94.7 Å². The fraction of sp³-hybridized carbons (Fsp3) is 1.00. The first kappa shape index (κ1) is 60.1. The molecule has 0 radical (unpaired) electrons. The van der Waals surface area contributed by atoms with Crippen LogP contribution in [0.1, 0.15) is 323 Å². The van der Waals surface area contributed by atoms with E-state index in [1.165, 1.54) is 193 Å². The van der Waals surface area contributed by atoms with E-state index in [1.807, 2.05) is 0 Å². The molecule has 16 atom stereocenters. The van der Waals surface area contributed by atoms with Crippen molar-refractivity contribution in [2.75, 3.05) is 13.1 Å². The molecule has 2 saturated heterocycles. The van der Waals surface area contributed by atoms with Crippen LogP contribution in [0.2, 0.25) is 0 Å². The first-order valence-electron chi connectivity index (χ1n) is 38.5. The van der Waals surface area contributed by atoms with Gasteiger partial charge in [0, 0.05) is 48.3 Å². The van der Waals surface area contributed by atoms with E-state index in [9.17, 15) is 0 Å². The molecule has 80 heavy (non-hydrogen) atoms. The molecule has 458 valence electrons. The first-order valence-corrected chi connectivity index (χ1v) is 38.5. The standard InChI is InChI=1S/C76H134N4/c1-5-7-9-11-13-15-21-55-31-39-59(40-32-55)79(57-35-27-53(3)28-36-57)73-51-69(61-47-49-77-71-25-19-17-23-63(61)71)65-44-46-68-74(52-70(66-43-45-67(73)75(65)76(66)68)62-48-50-78-72-26-20-18-24-64(62)72)80(58-37-29-54(4)30-38-58)60-41-33-56(34-42-60)22-16-14-12-10-8-6-2/h53-78H,5-52H2,1-4H3. The summed E-state index contributed by atoms with van der Waals surface area (Å²) in [5.41, 5.74) is 0. The van der Waals surface area contributed by atoms with E-state index in [0.717, 1.165) is 143 Å². The van der Waals surface area contributed by atoms with Crippen molar-refractivity contribution < 1.29 is 0 Å². The molecular formula is C76H134N4. The molecule has 0 spiro atoms. The second-order valence-corrected chi connectivity index (χ2v) is 33.0. The van der Waals surface area contributed by atoms with Crippen molar-refractivity contribution in [2.24, 2.45) is 94.7 Å². The van der Waals surface area contributed by atoms with Crippen molar-refractivity contribution in [1.29, 1.82) is 0 Å². The summed E-state index contributed by atoms with van der Waals surface area (Å²) in [4.78, 5) is 7.20. The minimum atomic E-state index is 0.825. The smallest absolute Gasteiger partial charge is 0.0135 e. The fourth-order valence-corrected chi connectivity index (χ4v) is 25.0. The summed E-state index contributed by atoms with van der Waals surface area (Å²) in [5.74, 6) is 15.8. The molecule has 0 bridgehead atoms. The van der Waals surface area contributed by atoms with Crippen molar-refractivity contribution in [3.8, 4) is 0 Å². The second kappa shape index (κ2) is 29.2. The predicted octanol–water partition coefficient (Wildman–Crippen LogP) is 19.8. The Morgan fingerprint density at radius 1 is 0.300 bits per heavy atom. The lowest BCUT2D eigenvalue weighted by Crippen LogP contribution is -2.68. The summed E-state index contributed by atoms with van der Waals surface area (Å²) in [6.45, 7) is 12.7. The molecule has 0 aromatic heterocycles. The Kier molecular flexibility index (Phi) is 22.0. The summed E-state index contributed by atoms with van der Waals surface area (Å²) < 4.78 is 0.